The first-order chi connectivity index (χ1) is 15.3. The third-order valence-corrected chi connectivity index (χ3v) is 7.02. The van der Waals surface area contributed by atoms with Crippen LogP contribution in [0.15, 0.2) is 46.4 Å². The second kappa shape index (κ2) is 9.72. The predicted molar refractivity (Wildman–Crippen MR) is 125 cm³/mol. The van der Waals surface area contributed by atoms with Crippen molar-refractivity contribution in [2.75, 3.05) is 5.32 Å². The topological polar surface area (TPSA) is 84.3 Å². The fourth-order valence-corrected chi connectivity index (χ4v) is 5.11. The fraction of sp³-hybridized carbons (Fsp3) is 0.318. The molecule has 1 aliphatic rings. The second-order valence-electron chi connectivity index (χ2n) is 7.76. The standard InChI is InChI=1S/C22H20BrClFN3O3S/c23-13-10-14(27-18(11-13)28-21-26-8-9-32-21)12-22(20(29)30)6-4-15(5-7-22)31-17-3-1-2-16(24)19(17)25/h1-3,8-11,15H,4-7,12H2,(H,29,30)(H,26,27,28). The number of carboxylic acid groups (broad SMARTS) is 1. The van der Waals surface area contributed by atoms with Crippen LogP contribution in [0, 0.1) is 11.2 Å². The Morgan fingerprint density at radius 2 is 2.16 bits per heavy atom. The largest absolute Gasteiger partial charge is 0.487 e. The van der Waals surface area contributed by atoms with E-state index in [0.717, 1.165) is 4.47 Å². The molecule has 0 atom stereocenters. The van der Waals surface area contributed by atoms with Crippen LogP contribution in [0.1, 0.15) is 31.4 Å². The molecule has 0 saturated heterocycles. The quantitative estimate of drug-likeness (QED) is 0.357. The van der Waals surface area contributed by atoms with Crippen LogP contribution >= 0.6 is 38.9 Å². The Hall–Kier alpha value is -2.23. The zero-order chi connectivity index (χ0) is 22.7. The van der Waals surface area contributed by atoms with Crippen molar-refractivity contribution in [3.8, 4) is 5.75 Å². The number of carboxylic acids is 1. The van der Waals surface area contributed by atoms with Crippen molar-refractivity contribution in [1.82, 2.24) is 9.97 Å². The first-order valence-corrected chi connectivity index (χ1v) is 12.1. The summed E-state index contributed by atoms with van der Waals surface area (Å²) in [4.78, 5) is 21.1. The van der Waals surface area contributed by atoms with Crippen molar-refractivity contribution in [3.63, 3.8) is 0 Å². The van der Waals surface area contributed by atoms with Crippen molar-refractivity contribution in [2.24, 2.45) is 5.41 Å². The molecular formula is C22H20BrClFN3O3S. The number of aromatic nitrogens is 2. The van der Waals surface area contributed by atoms with Gasteiger partial charge in [0.25, 0.3) is 0 Å². The maximum absolute atomic E-state index is 14.2. The number of thiazole rings is 1. The van der Waals surface area contributed by atoms with Gasteiger partial charge in [0.05, 0.1) is 16.5 Å². The van der Waals surface area contributed by atoms with E-state index in [1.807, 2.05) is 17.5 Å². The van der Waals surface area contributed by atoms with E-state index in [-0.39, 0.29) is 23.3 Å². The lowest BCUT2D eigenvalue weighted by Crippen LogP contribution is -2.40. The third kappa shape index (κ3) is 5.22. The summed E-state index contributed by atoms with van der Waals surface area (Å²) in [6.07, 6.45) is 3.51. The number of aliphatic carboxylic acids is 1. The molecule has 4 rings (SSSR count). The molecule has 0 spiro atoms. The van der Waals surface area contributed by atoms with Crippen molar-refractivity contribution in [2.45, 2.75) is 38.2 Å². The monoisotopic (exact) mass is 539 g/mol. The normalized spacial score (nSPS) is 20.7. The summed E-state index contributed by atoms with van der Waals surface area (Å²) < 4.78 is 20.8. The number of carbonyl (C=O) groups is 1. The van der Waals surface area contributed by atoms with E-state index >= 15 is 0 Å². The number of anilines is 2. The van der Waals surface area contributed by atoms with Gasteiger partial charge in [-0.05, 0) is 49.9 Å². The summed E-state index contributed by atoms with van der Waals surface area (Å²) in [5.74, 6) is -0.765. The Balaban J connectivity index is 1.47. The van der Waals surface area contributed by atoms with Crippen molar-refractivity contribution < 1.29 is 19.0 Å². The summed E-state index contributed by atoms with van der Waals surface area (Å²) >= 11 is 10.8. The van der Waals surface area contributed by atoms with Crippen LogP contribution in [0.25, 0.3) is 0 Å². The number of pyridine rings is 1. The number of hydrogen-bond acceptors (Lipinski definition) is 6. The van der Waals surface area contributed by atoms with Gasteiger partial charge in [0.2, 0.25) is 0 Å². The van der Waals surface area contributed by atoms with Crippen LogP contribution in [-0.4, -0.2) is 27.1 Å². The minimum Gasteiger partial charge on any atom is -0.487 e. The number of nitrogens with one attached hydrogen (secondary N) is 1. The van der Waals surface area contributed by atoms with Crippen LogP contribution in [0.5, 0.6) is 5.75 Å². The van der Waals surface area contributed by atoms with E-state index in [1.165, 1.54) is 23.5 Å². The average Bonchev–Trinajstić information content (AvgIpc) is 3.25. The van der Waals surface area contributed by atoms with Gasteiger partial charge in [-0.25, -0.2) is 14.4 Å². The van der Waals surface area contributed by atoms with E-state index in [9.17, 15) is 14.3 Å². The van der Waals surface area contributed by atoms with Gasteiger partial charge in [-0.3, -0.25) is 4.79 Å². The number of benzene rings is 1. The molecule has 10 heteroatoms. The summed E-state index contributed by atoms with van der Waals surface area (Å²) in [5.41, 5.74) is -0.292. The molecule has 1 fully saturated rings. The molecule has 2 heterocycles. The molecule has 1 saturated carbocycles. The van der Waals surface area contributed by atoms with Crippen LogP contribution < -0.4 is 10.1 Å². The molecular weight excluding hydrogens is 521 g/mol. The average molecular weight is 541 g/mol. The molecule has 168 valence electrons. The van der Waals surface area contributed by atoms with Crippen molar-refractivity contribution >= 4 is 55.8 Å². The molecule has 2 aromatic heterocycles. The van der Waals surface area contributed by atoms with Crippen LogP contribution in [-0.2, 0) is 11.2 Å². The summed E-state index contributed by atoms with van der Waals surface area (Å²) in [6.45, 7) is 0. The lowest BCUT2D eigenvalue weighted by Gasteiger charge is -2.36. The second-order valence-corrected chi connectivity index (χ2v) is 9.97. The molecule has 3 aromatic rings. The summed E-state index contributed by atoms with van der Waals surface area (Å²) in [5, 5.41) is 15.8. The summed E-state index contributed by atoms with van der Waals surface area (Å²) in [7, 11) is 0. The molecule has 0 unspecified atom stereocenters. The zero-order valence-corrected chi connectivity index (χ0v) is 20.0. The van der Waals surface area contributed by atoms with Gasteiger partial charge in [0, 0.05) is 28.2 Å². The molecule has 2 N–H and O–H groups in total. The Labute approximate surface area is 201 Å². The smallest absolute Gasteiger partial charge is 0.310 e. The molecule has 32 heavy (non-hydrogen) atoms. The lowest BCUT2D eigenvalue weighted by atomic mass is 9.70. The first-order valence-electron chi connectivity index (χ1n) is 10.0. The molecule has 0 bridgehead atoms. The number of rotatable bonds is 7. The van der Waals surface area contributed by atoms with E-state index in [1.54, 1.807) is 12.3 Å². The highest BCUT2D eigenvalue weighted by Crippen LogP contribution is 2.41. The number of hydrogen-bond donors (Lipinski definition) is 2. The van der Waals surface area contributed by atoms with Crippen molar-refractivity contribution in [3.05, 3.63) is 62.9 Å². The van der Waals surface area contributed by atoms with Crippen LogP contribution in [0.4, 0.5) is 15.3 Å². The number of nitrogens with zero attached hydrogens (tertiary/aromatic N) is 2. The maximum Gasteiger partial charge on any atom is 0.310 e. The molecule has 0 aliphatic heterocycles. The maximum atomic E-state index is 14.2. The van der Waals surface area contributed by atoms with E-state index in [0.29, 0.717) is 42.3 Å². The van der Waals surface area contributed by atoms with Gasteiger partial charge < -0.3 is 15.2 Å². The molecule has 1 aliphatic carbocycles. The molecule has 0 amide bonds. The third-order valence-electron chi connectivity index (χ3n) is 5.58. The van der Waals surface area contributed by atoms with Gasteiger partial charge in [-0.15, -0.1) is 11.3 Å². The number of halogens is 3. The molecule has 0 radical (unpaired) electrons. The summed E-state index contributed by atoms with van der Waals surface area (Å²) in [6, 6.07) is 8.27. The highest BCUT2D eigenvalue weighted by atomic mass is 79.9. The Bertz CT molecular complexity index is 1110. The highest BCUT2D eigenvalue weighted by molar-refractivity contribution is 9.10. The number of ether oxygens (including phenoxy) is 1. The SMILES string of the molecule is O=C(O)C1(Cc2cc(Br)cc(Nc3nccs3)n2)CCC(Oc2cccc(Cl)c2F)CC1. The van der Waals surface area contributed by atoms with Crippen molar-refractivity contribution in [1.29, 1.82) is 0 Å². The van der Waals surface area contributed by atoms with Gasteiger partial charge in [0.15, 0.2) is 16.7 Å². The zero-order valence-electron chi connectivity index (χ0n) is 16.9. The lowest BCUT2D eigenvalue weighted by molar-refractivity contribution is -0.152. The first kappa shape index (κ1) is 22.9. The van der Waals surface area contributed by atoms with Gasteiger partial charge in [-0.1, -0.05) is 33.6 Å². The predicted octanol–water partition coefficient (Wildman–Crippen LogP) is 6.47. The Morgan fingerprint density at radius 1 is 1.38 bits per heavy atom. The molecule has 1 aromatic carbocycles. The van der Waals surface area contributed by atoms with Gasteiger partial charge in [-0.2, -0.15) is 0 Å². The van der Waals surface area contributed by atoms with Crippen LogP contribution in [0.3, 0.4) is 0 Å². The van der Waals surface area contributed by atoms with Crippen LogP contribution in [0.2, 0.25) is 5.02 Å². The van der Waals surface area contributed by atoms with Gasteiger partial charge >= 0.3 is 5.97 Å². The van der Waals surface area contributed by atoms with E-state index in [4.69, 9.17) is 16.3 Å². The minimum atomic E-state index is -0.959. The minimum absolute atomic E-state index is 0.00100. The Kier molecular flexibility index (Phi) is 6.97. The fourth-order valence-electron chi connectivity index (χ4n) is 3.93. The highest BCUT2D eigenvalue weighted by Gasteiger charge is 2.43. The van der Waals surface area contributed by atoms with Gasteiger partial charge in [0.1, 0.15) is 5.82 Å². The van der Waals surface area contributed by atoms with E-state index in [2.05, 4.69) is 31.2 Å². The Morgan fingerprint density at radius 3 is 2.84 bits per heavy atom. The molecule has 6 nitrogen and oxygen atoms in total. The van der Waals surface area contributed by atoms with E-state index < -0.39 is 17.2 Å².